The van der Waals surface area contributed by atoms with Gasteiger partial charge in [0.25, 0.3) is 0 Å². The van der Waals surface area contributed by atoms with Crippen molar-refractivity contribution in [3.8, 4) is 11.5 Å². The lowest BCUT2D eigenvalue weighted by molar-refractivity contribution is -0.182. The number of carboxylic acids is 1. The first-order chi connectivity index (χ1) is 38.2. The fourth-order valence-electron chi connectivity index (χ4n) is 9.48. The summed E-state index contributed by atoms with van der Waals surface area (Å²) < 4.78 is 107. The number of nitrogens with two attached hydrogens (primary N) is 1. The molecule has 34 heteroatoms. The van der Waals surface area contributed by atoms with Crippen LogP contribution in [-0.2, 0) is 18.9 Å². The minimum Gasteiger partial charge on any atom is -0.491 e. The van der Waals surface area contributed by atoms with E-state index < -0.39 is 79.3 Å². The molecule has 4 bridgehead atoms. The third-order valence-corrected chi connectivity index (χ3v) is 13.5. The van der Waals surface area contributed by atoms with Gasteiger partial charge in [-0.05, 0) is 76.9 Å². The van der Waals surface area contributed by atoms with Crippen LogP contribution >= 0.6 is 54.0 Å². The molecule has 10 rings (SSSR count). The lowest BCUT2D eigenvalue weighted by Crippen LogP contribution is -2.48. The second-order valence-corrected chi connectivity index (χ2v) is 20.4. The number of aliphatic hydroxyl groups excluding tert-OH is 2. The number of hydrogen-bond donors (Lipinski definition) is 6. The molecule has 24 nitrogen and oxygen atoms in total. The van der Waals surface area contributed by atoms with Crippen molar-refractivity contribution in [2.45, 2.75) is 101 Å². The third kappa shape index (κ3) is 18.1. The topological polar surface area (TPSA) is 299 Å². The predicted octanol–water partition coefficient (Wildman–Crippen LogP) is 6.04. The molecule has 4 aromatic rings. The second kappa shape index (κ2) is 29.7. The molecule has 4 amide bonds. The Hall–Kier alpha value is -5.82. The largest absolute Gasteiger partial charge is 0.491 e. The highest BCUT2D eigenvalue weighted by Gasteiger charge is 2.44. The average Bonchev–Trinajstić information content (AvgIpc) is 2.15. The summed E-state index contributed by atoms with van der Waals surface area (Å²) in [6.07, 6.45) is -6.13. The van der Waals surface area contributed by atoms with Crippen LogP contribution in [0.3, 0.4) is 0 Å². The molecule has 0 aromatic carbocycles. The number of nitrogens with one attached hydrogen (secondary N) is 2. The van der Waals surface area contributed by atoms with Crippen LogP contribution < -0.4 is 45.4 Å². The Balaban J connectivity index is 0.000000313. The van der Waals surface area contributed by atoms with Crippen molar-refractivity contribution in [2.24, 2.45) is 11.7 Å². The number of hydrogen-bond acceptors (Lipinski definition) is 19. The monoisotopic (exact) mass is 1290 g/mol. The smallest absolute Gasteiger partial charge is 0.405 e. The maximum atomic E-state index is 13.5. The molecule has 0 saturated carbocycles. The van der Waals surface area contributed by atoms with Gasteiger partial charge in [-0.2, -0.15) is 80.3 Å². The first-order valence-corrected chi connectivity index (χ1v) is 25.6. The Labute approximate surface area is 512 Å². The number of aromatic carboxylic acids is 1. The van der Waals surface area contributed by atoms with Gasteiger partial charge in [-0.15, -0.1) is 0 Å². The Morgan fingerprint density at radius 2 is 1.12 bits per heavy atom. The van der Waals surface area contributed by atoms with Crippen LogP contribution in [0.2, 0.25) is 0 Å². The zero-order valence-corrected chi connectivity index (χ0v) is 50.3. The molecule has 6 atom stereocenters. The number of alkyl halides is 6. The summed E-state index contributed by atoms with van der Waals surface area (Å²) >= 11 is 0. The summed E-state index contributed by atoms with van der Waals surface area (Å²) in [6.45, 7) is 9.11. The van der Waals surface area contributed by atoms with E-state index in [1.54, 1.807) is 42.6 Å². The second-order valence-electron chi connectivity index (χ2n) is 20.4. The number of aliphatic hydroxyl groups is 2. The van der Waals surface area contributed by atoms with Crippen molar-refractivity contribution < 1.29 is 89.3 Å². The van der Waals surface area contributed by atoms with E-state index in [0.29, 0.717) is 74.7 Å². The number of halogens is 6. The molecule has 472 valence electrons. The molecule has 4 aromatic heterocycles. The number of carboxylic acid groups (broad SMARTS) is 1. The normalized spacial score (nSPS) is 20.8. The third-order valence-electron chi connectivity index (χ3n) is 13.5. The van der Waals surface area contributed by atoms with E-state index in [0.717, 1.165) is 18.7 Å². The fourth-order valence-corrected chi connectivity index (χ4v) is 9.48. The van der Waals surface area contributed by atoms with Crippen molar-refractivity contribution in [2.75, 3.05) is 96.1 Å². The standard InChI is InChI=1S/C26H30F3N5O6.C22H25N5O6.C3H6F3NO.4H2S/c1-25(2)39-14-18(40-25)13-38-17-5-7-30-22(10-17)32-24(37)34-16-6-8-33(11-16)20-4-3-19(31-23(20)34)21(36)9-15(12-35)26(27,28)29;1-22(2)32-12-15(33-22)11-31-14-5-7-23-18(9-14)25-21(30)27-13-6-8-26(10-13)17-4-3-16(20(28)29)24-19(17)27;4-3(5,6)2(7)1-8;;;;/h3-5,7,10,15-16,18,35H,6,8-9,11-14H2,1-2H3,(H,30,32,37);3-5,7,9,13,15H,6,8,10-12H2,1-2H3,(H,28,29)(H,23,25,30);2,8H,1,7H2;4*1H2/t15?,16-,18-;13-,15-;;;;;/m00...../s1. The maximum absolute atomic E-state index is 13.5. The van der Waals surface area contributed by atoms with Crippen molar-refractivity contribution in [3.05, 3.63) is 72.3 Å². The predicted molar refractivity (Wildman–Crippen MR) is 317 cm³/mol. The zero-order valence-electron chi connectivity index (χ0n) is 46.3. The minimum absolute atomic E-state index is 0. The van der Waals surface area contributed by atoms with Gasteiger partial charge < -0.3 is 59.3 Å². The van der Waals surface area contributed by atoms with Gasteiger partial charge in [0.2, 0.25) is 0 Å². The number of amides is 4. The van der Waals surface area contributed by atoms with Crippen LogP contribution in [0.25, 0.3) is 0 Å². The highest BCUT2D eigenvalue weighted by atomic mass is 32.1. The van der Waals surface area contributed by atoms with Crippen LogP contribution in [0.4, 0.5) is 70.6 Å². The van der Waals surface area contributed by atoms with E-state index in [9.17, 15) is 50.6 Å². The van der Waals surface area contributed by atoms with Gasteiger partial charge >= 0.3 is 30.4 Å². The van der Waals surface area contributed by atoms with Gasteiger partial charge in [-0.1, -0.05) is 0 Å². The number of fused-ring (bicyclic) bond motifs is 8. The minimum atomic E-state index is -4.73. The summed E-state index contributed by atoms with van der Waals surface area (Å²) in [5.41, 5.74) is 5.40. The molecule has 0 radical (unpaired) electrons. The van der Waals surface area contributed by atoms with E-state index in [4.69, 9.17) is 38.6 Å². The van der Waals surface area contributed by atoms with Crippen LogP contribution in [0.15, 0.2) is 60.9 Å². The quantitative estimate of drug-likeness (QED) is 0.0620. The van der Waals surface area contributed by atoms with Gasteiger partial charge in [0, 0.05) is 57.1 Å². The highest BCUT2D eigenvalue weighted by Crippen LogP contribution is 2.41. The molecule has 6 aliphatic heterocycles. The van der Waals surface area contributed by atoms with Crippen molar-refractivity contribution in [1.82, 2.24) is 19.9 Å². The van der Waals surface area contributed by atoms with Gasteiger partial charge in [0.1, 0.15) is 60.3 Å². The Kier molecular flexibility index (Phi) is 25.1. The number of anilines is 6. The van der Waals surface area contributed by atoms with Gasteiger partial charge in [-0.3, -0.25) is 25.2 Å². The summed E-state index contributed by atoms with van der Waals surface area (Å²) in [4.78, 5) is 74.9. The van der Waals surface area contributed by atoms with E-state index in [-0.39, 0.29) is 108 Å². The summed E-state index contributed by atoms with van der Waals surface area (Å²) in [7, 11) is 0. The lowest BCUT2D eigenvalue weighted by Gasteiger charge is -2.35. The van der Waals surface area contributed by atoms with Crippen molar-refractivity contribution in [3.63, 3.8) is 0 Å². The first-order valence-electron chi connectivity index (χ1n) is 25.6. The Morgan fingerprint density at radius 1 is 0.682 bits per heavy atom. The molecule has 7 N–H and O–H groups in total. The molecular formula is C51H69F6N11O13S4. The number of rotatable bonds is 14. The summed E-state index contributed by atoms with van der Waals surface area (Å²) in [5, 5.41) is 31.8. The summed E-state index contributed by atoms with van der Waals surface area (Å²) in [5.74, 6) is -3.47. The van der Waals surface area contributed by atoms with Gasteiger partial charge in [0.05, 0.1) is 55.8 Å². The van der Waals surface area contributed by atoms with Crippen molar-refractivity contribution >= 4 is 112 Å². The number of ether oxygens (including phenoxy) is 6. The van der Waals surface area contributed by atoms with E-state index in [1.807, 2.05) is 32.6 Å². The van der Waals surface area contributed by atoms with Gasteiger partial charge in [0.15, 0.2) is 34.7 Å². The van der Waals surface area contributed by atoms with Gasteiger partial charge in [-0.25, -0.2) is 34.3 Å². The molecule has 10 heterocycles. The molecule has 85 heavy (non-hydrogen) atoms. The van der Waals surface area contributed by atoms with E-state index in [2.05, 4.69) is 41.2 Å². The van der Waals surface area contributed by atoms with Crippen LogP contribution in [0.5, 0.6) is 11.5 Å². The molecule has 0 spiro atoms. The van der Waals surface area contributed by atoms with Crippen LogP contribution in [-0.4, -0.2) is 179 Å². The maximum Gasteiger partial charge on any atom is 0.405 e. The number of carbonyl (C=O) groups excluding carboxylic acids is 3. The molecule has 4 fully saturated rings. The number of aromatic nitrogens is 4. The number of ketones is 1. The van der Waals surface area contributed by atoms with E-state index >= 15 is 0 Å². The lowest BCUT2D eigenvalue weighted by atomic mass is 10.0. The number of pyridine rings is 4. The Bertz CT molecular complexity index is 2950. The molecule has 6 aliphatic rings. The van der Waals surface area contributed by atoms with Crippen LogP contribution in [0, 0.1) is 5.92 Å². The van der Waals surface area contributed by atoms with E-state index in [1.165, 1.54) is 28.1 Å². The first kappa shape index (κ1) is 71.7. The number of urea groups is 2. The number of Topliss-reactive ketones (excluding diaryl/α,β-unsaturated/α-hetero) is 1. The molecular weight excluding hydrogens is 1220 g/mol. The SMILES string of the molecule is CC1(C)OC[C@H](COc2ccnc(NC(=O)N3c4nc(C(=O)CC(CO)C(F)(F)F)ccc4N4CC[C@H]3C4)c2)O1.CC1(C)OC[C@H](COc2ccnc(NC(=O)N3c4nc(C(=O)O)ccc4N4CC[C@H]3C4)c2)O1.NC(CO)C(F)(F)F.S.S.S.S. The molecule has 2 unspecified atom stereocenters. The average molecular weight is 1290 g/mol. The molecule has 0 aliphatic carbocycles. The number of carbonyl (C=O) groups is 4. The fraction of sp³-hybridized carbons (Fsp3) is 0.529. The van der Waals surface area contributed by atoms with Crippen LogP contribution in [0.1, 0.15) is 67.9 Å². The number of nitrogens with zero attached hydrogens (tertiary/aromatic N) is 8. The Morgan fingerprint density at radius 3 is 1.48 bits per heavy atom. The molecule has 4 saturated heterocycles. The van der Waals surface area contributed by atoms with Crippen molar-refractivity contribution in [1.29, 1.82) is 0 Å². The zero-order chi connectivity index (χ0) is 58.6. The highest BCUT2D eigenvalue weighted by molar-refractivity contribution is 7.59. The summed E-state index contributed by atoms with van der Waals surface area (Å²) in [6, 6.07) is 9.20.